The van der Waals surface area contributed by atoms with Crippen molar-refractivity contribution in [3.63, 3.8) is 0 Å². The molecule has 0 fully saturated rings. The molecule has 0 aliphatic heterocycles. The van der Waals surface area contributed by atoms with Crippen LogP contribution in [0.3, 0.4) is 0 Å². The summed E-state index contributed by atoms with van der Waals surface area (Å²) in [7, 11) is 0. The van der Waals surface area contributed by atoms with Crippen LogP contribution in [0.25, 0.3) is 0 Å². The predicted octanol–water partition coefficient (Wildman–Crippen LogP) is 4.66. The van der Waals surface area contributed by atoms with Gasteiger partial charge in [0, 0.05) is 21.4 Å². The molecule has 2 aromatic carbocycles. The van der Waals surface area contributed by atoms with Crippen molar-refractivity contribution in [3.8, 4) is 0 Å². The van der Waals surface area contributed by atoms with Gasteiger partial charge in [-0.1, -0.05) is 23.7 Å². The topological polar surface area (TPSA) is 26.0 Å². The number of hydrogen-bond donors (Lipinski definition) is 1. The van der Waals surface area contributed by atoms with Crippen LogP contribution >= 0.6 is 23.4 Å². The third-order valence-corrected chi connectivity index (χ3v) is 4.17. The molecule has 2 rings (SSSR count). The van der Waals surface area contributed by atoms with Gasteiger partial charge < -0.3 is 5.73 Å². The fourth-order valence-electron chi connectivity index (χ4n) is 1.59. The minimum absolute atomic E-state index is 0.271. The van der Waals surface area contributed by atoms with Crippen LogP contribution in [-0.4, -0.2) is 0 Å². The quantitative estimate of drug-likeness (QED) is 0.654. The van der Waals surface area contributed by atoms with Crippen molar-refractivity contribution < 1.29 is 4.39 Å². The lowest BCUT2D eigenvalue weighted by Crippen LogP contribution is -1.93. The summed E-state index contributed by atoms with van der Waals surface area (Å²) in [5.41, 5.74) is 8.59. The van der Waals surface area contributed by atoms with E-state index in [0.29, 0.717) is 10.8 Å². The van der Waals surface area contributed by atoms with Gasteiger partial charge in [-0.05, 0) is 42.3 Å². The molecule has 2 N–H and O–H groups in total. The third kappa shape index (κ3) is 2.98. The van der Waals surface area contributed by atoms with Gasteiger partial charge in [0.25, 0.3) is 0 Å². The lowest BCUT2D eigenvalue weighted by atomic mass is 10.2. The van der Waals surface area contributed by atoms with Crippen LogP contribution < -0.4 is 5.73 Å². The molecule has 94 valence electrons. The summed E-state index contributed by atoms with van der Waals surface area (Å²) in [6.45, 7) is 1.97. The second kappa shape index (κ2) is 5.63. The number of nitrogens with two attached hydrogens (primary N) is 1. The highest BCUT2D eigenvalue weighted by atomic mass is 35.5. The Morgan fingerprint density at radius 3 is 2.83 bits per heavy atom. The molecule has 1 nitrogen and oxygen atoms in total. The average molecular weight is 282 g/mol. The van der Waals surface area contributed by atoms with Crippen molar-refractivity contribution in [2.75, 3.05) is 5.73 Å². The largest absolute Gasteiger partial charge is 0.398 e. The van der Waals surface area contributed by atoms with Gasteiger partial charge in [-0.15, -0.1) is 11.8 Å². The number of para-hydroxylation sites is 1. The summed E-state index contributed by atoms with van der Waals surface area (Å²) < 4.78 is 13.1. The maximum Gasteiger partial charge on any atom is 0.123 e. The maximum absolute atomic E-state index is 13.1. The van der Waals surface area contributed by atoms with Crippen LogP contribution in [0.4, 0.5) is 10.1 Å². The Labute approximate surface area is 115 Å². The summed E-state index contributed by atoms with van der Waals surface area (Å²) in [6, 6.07) is 10.3. The first-order valence-corrected chi connectivity index (χ1v) is 6.86. The Bertz CT molecular complexity index is 570. The van der Waals surface area contributed by atoms with E-state index >= 15 is 0 Å². The molecule has 18 heavy (non-hydrogen) atoms. The third-order valence-electron chi connectivity index (χ3n) is 2.68. The lowest BCUT2D eigenvalue weighted by Gasteiger charge is -2.08. The molecule has 0 bridgehead atoms. The Hall–Kier alpha value is -1.19. The van der Waals surface area contributed by atoms with Crippen LogP contribution in [0.15, 0.2) is 41.3 Å². The molecule has 0 spiro atoms. The van der Waals surface area contributed by atoms with E-state index in [9.17, 15) is 4.39 Å². The molecule has 0 unspecified atom stereocenters. The molecule has 0 saturated heterocycles. The normalized spacial score (nSPS) is 10.6. The summed E-state index contributed by atoms with van der Waals surface area (Å²) in [4.78, 5) is 0.996. The van der Waals surface area contributed by atoms with Gasteiger partial charge in [0.1, 0.15) is 5.82 Å². The minimum Gasteiger partial charge on any atom is -0.398 e. The molecule has 0 aliphatic carbocycles. The van der Waals surface area contributed by atoms with Crippen LogP contribution in [0, 0.1) is 12.7 Å². The van der Waals surface area contributed by atoms with E-state index in [1.54, 1.807) is 17.8 Å². The molecule has 0 atom stereocenters. The van der Waals surface area contributed by atoms with Gasteiger partial charge in [-0.25, -0.2) is 4.39 Å². The zero-order chi connectivity index (χ0) is 13.1. The summed E-state index contributed by atoms with van der Waals surface area (Å²) >= 11 is 7.58. The van der Waals surface area contributed by atoms with Crippen LogP contribution in [0.2, 0.25) is 5.02 Å². The fraction of sp³-hybridized carbons (Fsp3) is 0.143. The number of benzene rings is 2. The van der Waals surface area contributed by atoms with Gasteiger partial charge in [0.2, 0.25) is 0 Å². The lowest BCUT2D eigenvalue weighted by molar-refractivity contribution is 0.626. The second-order valence-corrected chi connectivity index (χ2v) is 5.44. The smallest absolute Gasteiger partial charge is 0.123 e. The number of nitrogen functional groups attached to an aromatic ring is 1. The first-order valence-electron chi connectivity index (χ1n) is 5.50. The van der Waals surface area contributed by atoms with Crippen molar-refractivity contribution in [2.24, 2.45) is 0 Å². The van der Waals surface area contributed by atoms with Gasteiger partial charge in [-0.2, -0.15) is 0 Å². The SMILES string of the molecule is Cc1cccc(SCc2cc(F)ccc2Cl)c1N. The molecule has 2 aromatic rings. The number of halogens is 2. The van der Waals surface area contributed by atoms with Gasteiger partial charge in [-0.3, -0.25) is 0 Å². The van der Waals surface area contributed by atoms with E-state index in [1.807, 2.05) is 25.1 Å². The zero-order valence-electron chi connectivity index (χ0n) is 9.91. The monoisotopic (exact) mass is 281 g/mol. The zero-order valence-corrected chi connectivity index (χ0v) is 11.5. The van der Waals surface area contributed by atoms with E-state index in [1.165, 1.54) is 12.1 Å². The molecule has 0 amide bonds. The number of hydrogen-bond acceptors (Lipinski definition) is 2. The summed E-state index contributed by atoms with van der Waals surface area (Å²) in [6.07, 6.45) is 0. The number of aryl methyl sites for hydroxylation is 1. The Morgan fingerprint density at radius 2 is 2.06 bits per heavy atom. The van der Waals surface area contributed by atoms with Crippen molar-refractivity contribution in [2.45, 2.75) is 17.6 Å². The predicted molar refractivity (Wildman–Crippen MR) is 76.6 cm³/mol. The summed E-state index contributed by atoms with van der Waals surface area (Å²) in [5, 5.41) is 0.579. The van der Waals surface area contributed by atoms with Crippen molar-refractivity contribution in [1.29, 1.82) is 0 Å². The molecule has 4 heteroatoms. The van der Waals surface area contributed by atoms with Crippen LogP contribution in [0.5, 0.6) is 0 Å². The molecular formula is C14H13ClFNS. The van der Waals surface area contributed by atoms with Gasteiger partial charge >= 0.3 is 0 Å². The number of anilines is 1. The fourth-order valence-corrected chi connectivity index (χ4v) is 2.89. The number of rotatable bonds is 3. The molecule has 0 aliphatic rings. The highest BCUT2D eigenvalue weighted by Gasteiger charge is 2.06. The second-order valence-electron chi connectivity index (χ2n) is 4.01. The average Bonchev–Trinajstić information content (AvgIpc) is 2.35. The Kier molecular flexibility index (Phi) is 4.15. The maximum atomic E-state index is 13.1. The van der Waals surface area contributed by atoms with Crippen molar-refractivity contribution in [1.82, 2.24) is 0 Å². The molecule has 0 aromatic heterocycles. The first kappa shape index (κ1) is 13.2. The molecule has 0 radical (unpaired) electrons. The first-order chi connectivity index (χ1) is 8.58. The van der Waals surface area contributed by atoms with Crippen molar-refractivity contribution in [3.05, 3.63) is 58.4 Å². The van der Waals surface area contributed by atoms with Gasteiger partial charge in [0.05, 0.1) is 0 Å². The molecular weight excluding hydrogens is 269 g/mol. The van der Waals surface area contributed by atoms with Crippen molar-refractivity contribution >= 4 is 29.1 Å². The standard InChI is InChI=1S/C14H13ClFNS/c1-9-3-2-4-13(14(9)17)18-8-10-7-11(16)5-6-12(10)15/h2-7H,8,17H2,1H3. The highest BCUT2D eigenvalue weighted by molar-refractivity contribution is 7.98. The Morgan fingerprint density at radius 1 is 1.28 bits per heavy atom. The van der Waals surface area contributed by atoms with Gasteiger partial charge in [0.15, 0.2) is 0 Å². The Balaban J connectivity index is 2.16. The van der Waals surface area contributed by atoms with E-state index in [0.717, 1.165) is 21.7 Å². The number of thioether (sulfide) groups is 1. The van der Waals surface area contributed by atoms with E-state index in [2.05, 4.69) is 0 Å². The minimum atomic E-state index is -0.271. The van der Waals surface area contributed by atoms with E-state index < -0.39 is 0 Å². The molecule has 0 saturated carbocycles. The highest BCUT2D eigenvalue weighted by Crippen LogP contribution is 2.32. The molecule has 0 heterocycles. The van der Waals surface area contributed by atoms with Crippen LogP contribution in [0.1, 0.15) is 11.1 Å². The van der Waals surface area contributed by atoms with E-state index in [4.69, 9.17) is 17.3 Å². The summed E-state index contributed by atoms with van der Waals surface area (Å²) in [5.74, 6) is 0.330. The van der Waals surface area contributed by atoms with Crippen LogP contribution in [-0.2, 0) is 5.75 Å². The van der Waals surface area contributed by atoms with E-state index in [-0.39, 0.29) is 5.82 Å².